The minimum atomic E-state index is -0.857. The van der Waals surface area contributed by atoms with Gasteiger partial charge in [-0.05, 0) is 95.8 Å². The molecule has 2 fully saturated rings. The van der Waals surface area contributed by atoms with E-state index in [1.807, 2.05) is 0 Å². The average molecular weight is 447 g/mol. The van der Waals surface area contributed by atoms with E-state index in [9.17, 15) is 10.2 Å². The molecule has 2 nitrogen and oxygen atoms in total. The van der Waals surface area contributed by atoms with E-state index in [-0.39, 0.29) is 0 Å². The summed E-state index contributed by atoms with van der Waals surface area (Å²) in [5.74, 6) is 13.1. The van der Waals surface area contributed by atoms with Crippen LogP contribution in [0, 0.1) is 23.7 Å². The van der Waals surface area contributed by atoms with Crippen LogP contribution in [0.25, 0.3) is 32.3 Å². The molecule has 0 saturated heterocycles. The lowest BCUT2D eigenvalue weighted by Crippen LogP contribution is -2.29. The van der Waals surface area contributed by atoms with Crippen molar-refractivity contribution in [1.29, 1.82) is 0 Å². The Labute approximate surface area is 201 Å². The molecule has 0 unspecified atom stereocenters. The highest BCUT2D eigenvalue weighted by molar-refractivity contribution is 6.24. The van der Waals surface area contributed by atoms with Gasteiger partial charge < -0.3 is 10.2 Å². The van der Waals surface area contributed by atoms with Crippen molar-refractivity contribution in [3.63, 3.8) is 0 Å². The number of hydrogen-bond donors (Lipinski definition) is 2. The number of aliphatic hydroxyl groups is 2. The first kappa shape index (κ1) is 21.5. The Morgan fingerprint density at radius 3 is 1.29 bits per heavy atom. The maximum atomic E-state index is 10.9. The van der Waals surface area contributed by atoms with Crippen LogP contribution >= 0.6 is 0 Å². The quantitative estimate of drug-likeness (QED) is 0.234. The summed E-state index contributed by atoms with van der Waals surface area (Å²) in [6.07, 6.45) is 9.61. The van der Waals surface area contributed by atoms with E-state index >= 15 is 0 Å². The van der Waals surface area contributed by atoms with Crippen LogP contribution in [0.4, 0.5) is 0 Å². The Morgan fingerprint density at radius 1 is 0.500 bits per heavy atom. The fourth-order valence-electron chi connectivity index (χ4n) is 5.91. The maximum absolute atomic E-state index is 10.9. The molecule has 2 saturated carbocycles. The molecular formula is C32H30O2. The molecule has 4 aromatic carbocycles. The first-order valence-electron chi connectivity index (χ1n) is 12.8. The van der Waals surface area contributed by atoms with Gasteiger partial charge in [-0.15, -0.1) is 0 Å². The molecule has 0 atom stereocenters. The second-order valence-corrected chi connectivity index (χ2v) is 10.3. The van der Waals surface area contributed by atoms with Crippen LogP contribution in [-0.2, 0) is 0 Å². The molecule has 0 amide bonds. The Balaban J connectivity index is 1.50. The molecule has 0 aliphatic heterocycles. The molecule has 0 aromatic heterocycles. The van der Waals surface area contributed by atoms with Gasteiger partial charge in [0, 0.05) is 11.1 Å². The van der Waals surface area contributed by atoms with Gasteiger partial charge in [0.25, 0.3) is 0 Å². The Morgan fingerprint density at radius 2 is 0.882 bits per heavy atom. The Hall–Kier alpha value is -3.04. The van der Waals surface area contributed by atoms with E-state index in [4.69, 9.17) is 0 Å². The van der Waals surface area contributed by atoms with Gasteiger partial charge in [-0.3, -0.25) is 0 Å². The largest absolute Gasteiger partial charge is 0.378 e. The standard InChI is InChI=1S/C32H30O2/c33-31(17-3-1-4-18-31)21-15-23-7-9-25-11-12-26-10-8-24(16-22-32(34)19-5-2-6-20-32)28-14-13-27(23)29(25)30(26)28/h7-14,33-34H,1-6,17-20H2. The number of benzene rings is 4. The first-order chi connectivity index (χ1) is 16.5. The summed E-state index contributed by atoms with van der Waals surface area (Å²) in [5, 5.41) is 28.8. The number of hydrogen-bond acceptors (Lipinski definition) is 2. The van der Waals surface area contributed by atoms with Crippen molar-refractivity contribution in [3.8, 4) is 23.7 Å². The third-order valence-corrected chi connectivity index (χ3v) is 7.89. The fraction of sp³-hybridized carbons (Fsp3) is 0.375. The zero-order valence-corrected chi connectivity index (χ0v) is 19.6. The molecule has 0 heterocycles. The fourth-order valence-corrected chi connectivity index (χ4v) is 5.91. The minimum Gasteiger partial charge on any atom is -0.378 e. The van der Waals surface area contributed by atoms with E-state index < -0.39 is 11.2 Å². The lowest BCUT2D eigenvalue weighted by atomic mass is 9.84. The third-order valence-electron chi connectivity index (χ3n) is 7.89. The summed E-state index contributed by atoms with van der Waals surface area (Å²) < 4.78 is 0. The van der Waals surface area contributed by atoms with Crippen molar-refractivity contribution in [2.75, 3.05) is 0 Å². The molecule has 0 radical (unpaired) electrons. The molecule has 0 bridgehead atoms. The molecular weight excluding hydrogens is 416 g/mol. The van der Waals surface area contributed by atoms with Gasteiger partial charge in [0.2, 0.25) is 0 Å². The van der Waals surface area contributed by atoms with Gasteiger partial charge in [0.05, 0.1) is 0 Å². The zero-order valence-electron chi connectivity index (χ0n) is 19.6. The summed E-state index contributed by atoms with van der Waals surface area (Å²) in [5.41, 5.74) is 0.220. The molecule has 0 spiro atoms. The Kier molecular flexibility index (Phi) is 5.26. The molecule has 170 valence electrons. The maximum Gasteiger partial charge on any atom is 0.125 e. The Bertz CT molecular complexity index is 1380. The van der Waals surface area contributed by atoms with Crippen molar-refractivity contribution in [3.05, 3.63) is 59.7 Å². The van der Waals surface area contributed by atoms with E-state index in [0.29, 0.717) is 0 Å². The van der Waals surface area contributed by atoms with Crippen LogP contribution in [-0.4, -0.2) is 21.4 Å². The van der Waals surface area contributed by atoms with Crippen LogP contribution in [0.1, 0.15) is 75.3 Å². The predicted octanol–water partition coefficient (Wildman–Crippen LogP) is 6.68. The topological polar surface area (TPSA) is 40.5 Å². The number of rotatable bonds is 0. The minimum absolute atomic E-state index is 0.764. The summed E-state index contributed by atoms with van der Waals surface area (Å²) in [6, 6.07) is 17.1. The summed E-state index contributed by atoms with van der Waals surface area (Å²) in [7, 11) is 0. The molecule has 34 heavy (non-hydrogen) atoms. The average Bonchev–Trinajstić information content (AvgIpc) is 2.86. The van der Waals surface area contributed by atoms with Crippen LogP contribution in [0.15, 0.2) is 48.5 Å². The third kappa shape index (κ3) is 3.82. The van der Waals surface area contributed by atoms with Gasteiger partial charge in [0.1, 0.15) is 11.2 Å². The molecule has 2 heteroatoms. The van der Waals surface area contributed by atoms with Crippen LogP contribution in [0.5, 0.6) is 0 Å². The zero-order chi connectivity index (χ0) is 23.2. The molecule has 2 aliphatic rings. The van der Waals surface area contributed by atoms with Gasteiger partial charge >= 0.3 is 0 Å². The van der Waals surface area contributed by atoms with E-state index in [2.05, 4.69) is 72.2 Å². The van der Waals surface area contributed by atoms with Gasteiger partial charge in [-0.25, -0.2) is 0 Å². The van der Waals surface area contributed by atoms with Gasteiger partial charge in [-0.1, -0.05) is 72.9 Å². The second kappa shape index (κ2) is 8.32. The summed E-state index contributed by atoms with van der Waals surface area (Å²) >= 11 is 0. The van der Waals surface area contributed by atoms with Crippen molar-refractivity contribution in [1.82, 2.24) is 0 Å². The highest BCUT2D eigenvalue weighted by Gasteiger charge is 2.27. The molecule has 2 N–H and O–H groups in total. The SMILES string of the molecule is OC1(C#Cc2ccc3ccc4ccc(C#CC5(O)CCCCC5)c5ccc2c3c45)CCCCC1. The van der Waals surface area contributed by atoms with E-state index in [1.165, 1.54) is 34.4 Å². The van der Waals surface area contributed by atoms with Crippen LogP contribution < -0.4 is 0 Å². The lowest BCUT2D eigenvalue weighted by molar-refractivity contribution is 0.0606. The van der Waals surface area contributed by atoms with Crippen molar-refractivity contribution in [2.24, 2.45) is 0 Å². The summed E-state index contributed by atoms with van der Waals surface area (Å²) in [6.45, 7) is 0. The summed E-state index contributed by atoms with van der Waals surface area (Å²) in [4.78, 5) is 0. The monoisotopic (exact) mass is 446 g/mol. The van der Waals surface area contributed by atoms with Crippen molar-refractivity contribution in [2.45, 2.75) is 75.4 Å². The molecule has 4 aromatic rings. The van der Waals surface area contributed by atoms with Crippen LogP contribution in [0.3, 0.4) is 0 Å². The molecule has 6 rings (SSSR count). The first-order valence-corrected chi connectivity index (χ1v) is 12.8. The van der Waals surface area contributed by atoms with Crippen molar-refractivity contribution < 1.29 is 10.2 Å². The normalized spacial score (nSPS) is 19.5. The highest BCUT2D eigenvalue weighted by atomic mass is 16.3. The molecule has 2 aliphatic carbocycles. The smallest absolute Gasteiger partial charge is 0.125 e. The van der Waals surface area contributed by atoms with Crippen LogP contribution in [0.2, 0.25) is 0 Å². The van der Waals surface area contributed by atoms with E-state index in [0.717, 1.165) is 73.3 Å². The van der Waals surface area contributed by atoms with Crippen molar-refractivity contribution >= 4 is 32.3 Å². The predicted molar refractivity (Wildman–Crippen MR) is 140 cm³/mol. The lowest BCUT2D eigenvalue weighted by Gasteiger charge is -2.26. The van der Waals surface area contributed by atoms with Gasteiger partial charge in [0.15, 0.2) is 0 Å². The van der Waals surface area contributed by atoms with E-state index in [1.54, 1.807) is 0 Å². The van der Waals surface area contributed by atoms with Gasteiger partial charge in [-0.2, -0.15) is 0 Å². The second-order valence-electron chi connectivity index (χ2n) is 10.3. The highest BCUT2D eigenvalue weighted by Crippen LogP contribution is 2.37.